The minimum absolute atomic E-state index is 0. The Labute approximate surface area is 163 Å². The number of carbonyl (C=O) groups is 1. The molecule has 0 heterocycles. The standard InChI is InChI=1S/C22H32N2O.ClH/c23-20-17-8-4-9-18(20)13-19(12-17)21(25)24-15-22(10-5-11-22)14-16-6-2-1-3-7-16;/h1-3,6-7,17-20H,4-5,8-15,23H2,(H,24,25);1H. The Kier molecular flexibility index (Phi) is 6.29. The number of halogens is 1. The van der Waals surface area contributed by atoms with E-state index < -0.39 is 0 Å². The van der Waals surface area contributed by atoms with Gasteiger partial charge in [0.25, 0.3) is 0 Å². The Morgan fingerprint density at radius 3 is 2.31 bits per heavy atom. The first-order valence-corrected chi connectivity index (χ1v) is 10.2. The van der Waals surface area contributed by atoms with Crippen LogP contribution in [0.5, 0.6) is 0 Å². The molecule has 3 nitrogen and oxygen atoms in total. The molecule has 4 heteroatoms. The van der Waals surface area contributed by atoms with Crippen molar-refractivity contribution >= 4 is 18.3 Å². The lowest BCUT2D eigenvalue weighted by atomic mass is 9.64. The highest BCUT2D eigenvalue weighted by atomic mass is 35.5. The maximum Gasteiger partial charge on any atom is 0.223 e. The first-order valence-electron chi connectivity index (χ1n) is 10.2. The zero-order chi connectivity index (χ0) is 17.3. The summed E-state index contributed by atoms with van der Waals surface area (Å²) < 4.78 is 0. The lowest BCUT2D eigenvalue weighted by molar-refractivity contribution is -0.128. The van der Waals surface area contributed by atoms with E-state index in [4.69, 9.17) is 5.73 Å². The maximum absolute atomic E-state index is 12.8. The van der Waals surface area contributed by atoms with Crippen LogP contribution in [0.2, 0.25) is 0 Å². The number of hydrogen-bond acceptors (Lipinski definition) is 2. The van der Waals surface area contributed by atoms with Gasteiger partial charge in [-0.2, -0.15) is 0 Å². The highest BCUT2D eigenvalue weighted by Gasteiger charge is 2.42. The van der Waals surface area contributed by atoms with Gasteiger partial charge in [-0.1, -0.05) is 43.2 Å². The lowest BCUT2D eigenvalue weighted by Crippen LogP contribution is -2.51. The number of nitrogens with one attached hydrogen (secondary N) is 1. The van der Waals surface area contributed by atoms with E-state index in [1.54, 1.807) is 0 Å². The molecule has 1 amide bonds. The highest BCUT2D eigenvalue weighted by Crippen LogP contribution is 2.44. The Balaban J connectivity index is 0.00000196. The molecular weight excluding hydrogens is 344 g/mol. The molecule has 1 aromatic rings. The zero-order valence-electron chi connectivity index (χ0n) is 15.7. The van der Waals surface area contributed by atoms with Gasteiger partial charge in [0, 0.05) is 18.5 Å². The molecule has 3 aliphatic rings. The van der Waals surface area contributed by atoms with Crippen molar-refractivity contribution in [2.75, 3.05) is 6.54 Å². The van der Waals surface area contributed by atoms with Crippen LogP contribution in [0.15, 0.2) is 30.3 Å². The fourth-order valence-electron chi connectivity index (χ4n) is 5.54. The quantitative estimate of drug-likeness (QED) is 0.813. The third-order valence-electron chi connectivity index (χ3n) is 7.26. The predicted molar refractivity (Wildman–Crippen MR) is 108 cm³/mol. The van der Waals surface area contributed by atoms with E-state index in [1.807, 2.05) is 0 Å². The van der Waals surface area contributed by atoms with Gasteiger partial charge in [0.1, 0.15) is 0 Å². The Morgan fingerprint density at radius 1 is 1.08 bits per heavy atom. The molecule has 0 radical (unpaired) electrons. The van der Waals surface area contributed by atoms with E-state index in [0.717, 1.165) is 25.8 Å². The molecule has 4 rings (SSSR count). The number of fused-ring (bicyclic) bond motifs is 2. The van der Waals surface area contributed by atoms with Gasteiger partial charge in [-0.3, -0.25) is 4.79 Å². The summed E-state index contributed by atoms with van der Waals surface area (Å²) in [5.74, 6) is 1.64. The number of nitrogens with two attached hydrogens (primary N) is 1. The van der Waals surface area contributed by atoms with Crippen LogP contribution < -0.4 is 11.1 Å². The molecular formula is C22H33ClN2O. The van der Waals surface area contributed by atoms with Gasteiger partial charge in [-0.25, -0.2) is 0 Å². The van der Waals surface area contributed by atoms with E-state index >= 15 is 0 Å². The largest absolute Gasteiger partial charge is 0.355 e. The first-order chi connectivity index (χ1) is 12.2. The van der Waals surface area contributed by atoms with E-state index in [1.165, 1.54) is 44.1 Å². The van der Waals surface area contributed by atoms with Crippen molar-refractivity contribution in [2.45, 2.75) is 63.8 Å². The summed E-state index contributed by atoms with van der Waals surface area (Å²) in [7, 11) is 0. The van der Waals surface area contributed by atoms with Gasteiger partial charge in [-0.05, 0) is 67.8 Å². The number of hydrogen-bond donors (Lipinski definition) is 2. The van der Waals surface area contributed by atoms with E-state index in [2.05, 4.69) is 35.6 Å². The van der Waals surface area contributed by atoms with E-state index in [9.17, 15) is 4.79 Å². The fraction of sp³-hybridized carbons (Fsp3) is 0.682. The average molecular weight is 377 g/mol. The minimum atomic E-state index is 0. The normalized spacial score (nSPS) is 32.0. The average Bonchev–Trinajstić information content (AvgIpc) is 2.57. The van der Waals surface area contributed by atoms with E-state index in [0.29, 0.717) is 23.8 Å². The summed E-state index contributed by atoms with van der Waals surface area (Å²) >= 11 is 0. The molecule has 3 saturated carbocycles. The van der Waals surface area contributed by atoms with Gasteiger partial charge in [-0.15, -0.1) is 12.4 Å². The summed E-state index contributed by atoms with van der Waals surface area (Å²) in [4.78, 5) is 12.8. The van der Waals surface area contributed by atoms with Gasteiger partial charge >= 0.3 is 0 Å². The van der Waals surface area contributed by atoms with Gasteiger partial charge < -0.3 is 11.1 Å². The Bertz CT molecular complexity index is 587. The molecule has 144 valence electrons. The van der Waals surface area contributed by atoms with Crippen molar-refractivity contribution in [1.29, 1.82) is 0 Å². The molecule has 26 heavy (non-hydrogen) atoms. The van der Waals surface area contributed by atoms with Crippen LogP contribution in [0.1, 0.15) is 56.9 Å². The molecule has 0 aromatic heterocycles. The summed E-state index contributed by atoms with van der Waals surface area (Å²) in [6.07, 6.45) is 10.6. The highest BCUT2D eigenvalue weighted by molar-refractivity contribution is 5.85. The summed E-state index contributed by atoms with van der Waals surface area (Å²) in [6, 6.07) is 11.1. The lowest BCUT2D eigenvalue weighted by Gasteiger charge is -2.45. The van der Waals surface area contributed by atoms with Crippen molar-refractivity contribution in [3.05, 3.63) is 35.9 Å². The second-order valence-electron chi connectivity index (χ2n) is 8.93. The van der Waals surface area contributed by atoms with Gasteiger partial charge in [0.2, 0.25) is 5.91 Å². The Hall–Kier alpha value is -1.06. The SMILES string of the molecule is Cl.NC1C2CCCC1CC(C(=O)NCC1(Cc3ccccc3)CCC1)C2. The van der Waals surface area contributed by atoms with Crippen molar-refractivity contribution in [3.8, 4) is 0 Å². The second-order valence-corrected chi connectivity index (χ2v) is 8.93. The third-order valence-corrected chi connectivity index (χ3v) is 7.26. The molecule has 3 N–H and O–H groups in total. The maximum atomic E-state index is 12.8. The number of amides is 1. The first kappa shape index (κ1) is 19.7. The molecule has 2 unspecified atom stereocenters. The van der Waals surface area contributed by atoms with Gasteiger partial charge in [0.05, 0.1) is 0 Å². The molecule has 0 aliphatic heterocycles. The van der Waals surface area contributed by atoms with Crippen LogP contribution in [0.25, 0.3) is 0 Å². The van der Waals surface area contributed by atoms with Crippen molar-refractivity contribution < 1.29 is 4.79 Å². The smallest absolute Gasteiger partial charge is 0.223 e. The van der Waals surface area contributed by atoms with Crippen LogP contribution in [0.4, 0.5) is 0 Å². The minimum Gasteiger partial charge on any atom is -0.355 e. The molecule has 0 spiro atoms. The van der Waals surface area contributed by atoms with Crippen molar-refractivity contribution in [3.63, 3.8) is 0 Å². The van der Waals surface area contributed by atoms with Crippen LogP contribution >= 0.6 is 12.4 Å². The monoisotopic (exact) mass is 376 g/mol. The number of benzene rings is 1. The second kappa shape index (κ2) is 8.31. The number of rotatable bonds is 5. The van der Waals surface area contributed by atoms with Gasteiger partial charge in [0.15, 0.2) is 0 Å². The molecule has 3 aliphatic carbocycles. The third kappa shape index (κ3) is 4.09. The number of carbonyl (C=O) groups excluding carboxylic acids is 1. The van der Waals surface area contributed by atoms with Crippen molar-refractivity contribution in [1.82, 2.24) is 5.32 Å². The van der Waals surface area contributed by atoms with Crippen molar-refractivity contribution in [2.24, 2.45) is 28.9 Å². The van der Waals surface area contributed by atoms with Crippen LogP contribution in [0.3, 0.4) is 0 Å². The zero-order valence-corrected chi connectivity index (χ0v) is 16.5. The molecule has 2 bridgehead atoms. The summed E-state index contributed by atoms with van der Waals surface area (Å²) in [6.45, 7) is 0.846. The summed E-state index contributed by atoms with van der Waals surface area (Å²) in [5, 5.41) is 3.34. The predicted octanol–water partition coefficient (Wildman–Crippen LogP) is 4.09. The van der Waals surface area contributed by atoms with Crippen LogP contribution in [-0.2, 0) is 11.2 Å². The molecule has 1 aromatic carbocycles. The van der Waals surface area contributed by atoms with E-state index in [-0.39, 0.29) is 23.7 Å². The van der Waals surface area contributed by atoms with Crippen LogP contribution in [0, 0.1) is 23.2 Å². The topological polar surface area (TPSA) is 55.1 Å². The molecule has 0 saturated heterocycles. The Morgan fingerprint density at radius 2 is 1.73 bits per heavy atom. The molecule has 3 fully saturated rings. The fourth-order valence-corrected chi connectivity index (χ4v) is 5.54. The summed E-state index contributed by atoms with van der Waals surface area (Å²) in [5.41, 5.74) is 8.06. The molecule has 2 atom stereocenters. The van der Waals surface area contributed by atoms with Crippen LogP contribution in [-0.4, -0.2) is 18.5 Å².